The first kappa shape index (κ1) is 18.6. The van der Waals surface area contributed by atoms with E-state index >= 15 is 0 Å². The molecule has 0 aliphatic rings. The highest BCUT2D eigenvalue weighted by Crippen LogP contribution is 2.14. The van der Waals surface area contributed by atoms with Crippen LogP contribution >= 0.6 is 0 Å². The van der Waals surface area contributed by atoms with Crippen molar-refractivity contribution in [3.05, 3.63) is 65.5 Å². The van der Waals surface area contributed by atoms with E-state index in [1.807, 2.05) is 6.07 Å². The van der Waals surface area contributed by atoms with Crippen LogP contribution in [0.3, 0.4) is 0 Å². The van der Waals surface area contributed by atoms with Crippen LogP contribution < -0.4 is 5.32 Å². The number of rotatable bonds is 6. The van der Waals surface area contributed by atoms with Crippen LogP contribution in [0.4, 0.5) is 4.39 Å². The Morgan fingerprint density at radius 2 is 1.76 bits per heavy atom. The second-order valence-electron chi connectivity index (χ2n) is 5.30. The molecule has 0 saturated carbocycles. The van der Waals surface area contributed by atoms with E-state index in [9.17, 15) is 17.6 Å². The van der Waals surface area contributed by atoms with Gasteiger partial charge in [-0.3, -0.25) is 4.79 Å². The maximum Gasteiger partial charge on any atom is 0.243 e. The summed E-state index contributed by atoms with van der Waals surface area (Å²) in [4.78, 5) is 11.9. The standard InChI is InChI=1S/C17H16FN3O3S/c1-21(25(23,24)16-8-6-15(18)7-9-16)12-17(22)20-11-14-4-2-13(10-19)3-5-14/h2-9H,11-12H2,1H3,(H,20,22). The van der Waals surface area contributed by atoms with E-state index in [1.165, 1.54) is 7.05 Å². The minimum Gasteiger partial charge on any atom is -0.351 e. The fraction of sp³-hybridized carbons (Fsp3) is 0.176. The van der Waals surface area contributed by atoms with Crippen LogP contribution in [0.2, 0.25) is 0 Å². The summed E-state index contributed by atoms with van der Waals surface area (Å²) in [6, 6.07) is 13.1. The molecule has 0 radical (unpaired) electrons. The minimum atomic E-state index is -3.87. The summed E-state index contributed by atoms with van der Waals surface area (Å²) in [7, 11) is -2.60. The van der Waals surface area contributed by atoms with E-state index in [4.69, 9.17) is 5.26 Å². The number of amides is 1. The topological polar surface area (TPSA) is 90.3 Å². The average molecular weight is 361 g/mol. The molecule has 0 aliphatic carbocycles. The van der Waals surface area contributed by atoms with Crippen molar-refractivity contribution < 1.29 is 17.6 Å². The van der Waals surface area contributed by atoms with E-state index in [1.54, 1.807) is 24.3 Å². The van der Waals surface area contributed by atoms with Crippen LogP contribution in [0.15, 0.2) is 53.4 Å². The molecular weight excluding hydrogens is 345 g/mol. The van der Waals surface area contributed by atoms with E-state index in [-0.39, 0.29) is 18.0 Å². The third-order valence-electron chi connectivity index (χ3n) is 3.46. The van der Waals surface area contributed by atoms with Gasteiger partial charge < -0.3 is 5.32 Å². The van der Waals surface area contributed by atoms with Crippen molar-refractivity contribution in [1.82, 2.24) is 9.62 Å². The van der Waals surface area contributed by atoms with Crippen molar-refractivity contribution in [2.24, 2.45) is 0 Å². The molecule has 0 heterocycles. The molecule has 0 spiro atoms. The maximum atomic E-state index is 12.9. The van der Waals surface area contributed by atoms with Crippen LogP contribution in [0, 0.1) is 17.1 Å². The fourth-order valence-electron chi connectivity index (χ4n) is 2.03. The summed E-state index contributed by atoms with van der Waals surface area (Å²) in [5.74, 6) is -1.01. The monoisotopic (exact) mass is 361 g/mol. The van der Waals surface area contributed by atoms with Crippen LogP contribution in [-0.4, -0.2) is 32.2 Å². The van der Waals surface area contributed by atoms with Gasteiger partial charge in [0.05, 0.1) is 23.1 Å². The van der Waals surface area contributed by atoms with Crippen molar-refractivity contribution in [3.8, 4) is 6.07 Å². The number of likely N-dealkylation sites (N-methyl/N-ethyl adjacent to an activating group) is 1. The smallest absolute Gasteiger partial charge is 0.243 e. The number of hydrogen-bond acceptors (Lipinski definition) is 4. The average Bonchev–Trinajstić information content (AvgIpc) is 2.60. The zero-order valence-electron chi connectivity index (χ0n) is 13.4. The predicted molar refractivity (Wildman–Crippen MR) is 89.2 cm³/mol. The molecule has 130 valence electrons. The second-order valence-corrected chi connectivity index (χ2v) is 7.35. The minimum absolute atomic E-state index is 0.0868. The van der Waals surface area contributed by atoms with Gasteiger partial charge in [-0.15, -0.1) is 0 Å². The highest BCUT2D eigenvalue weighted by Gasteiger charge is 2.22. The lowest BCUT2D eigenvalue weighted by atomic mass is 10.1. The van der Waals surface area contributed by atoms with Crippen molar-refractivity contribution in [3.63, 3.8) is 0 Å². The number of carbonyl (C=O) groups is 1. The van der Waals surface area contributed by atoms with Gasteiger partial charge in [-0.2, -0.15) is 9.57 Å². The molecule has 0 aliphatic heterocycles. The lowest BCUT2D eigenvalue weighted by Gasteiger charge is -2.17. The van der Waals surface area contributed by atoms with Crippen molar-refractivity contribution >= 4 is 15.9 Å². The molecule has 6 nitrogen and oxygen atoms in total. The molecule has 2 rings (SSSR count). The Morgan fingerprint density at radius 1 is 1.16 bits per heavy atom. The molecule has 8 heteroatoms. The first-order chi connectivity index (χ1) is 11.8. The molecule has 0 aromatic heterocycles. The van der Waals surface area contributed by atoms with Gasteiger partial charge in [-0.05, 0) is 42.0 Å². The molecule has 0 saturated heterocycles. The number of nitrogens with one attached hydrogen (secondary N) is 1. The largest absolute Gasteiger partial charge is 0.351 e. The molecule has 1 N–H and O–H groups in total. The van der Waals surface area contributed by atoms with Gasteiger partial charge >= 0.3 is 0 Å². The molecule has 25 heavy (non-hydrogen) atoms. The number of nitriles is 1. The highest BCUT2D eigenvalue weighted by atomic mass is 32.2. The fourth-order valence-corrected chi connectivity index (χ4v) is 3.15. The summed E-state index contributed by atoms with van der Waals surface area (Å²) in [6.45, 7) is -0.148. The first-order valence-electron chi connectivity index (χ1n) is 7.30. The lowest BCUT2D eigenvalue weighted by Crippen LogP contribution is -2.38. The molecule has 2 aromatic rings. The Kier molecular flexibility index (Phi) is 5.85. The van der Waals surface area contributed by atoms with Crippen LogP contribution in [0.25, 0.3) is 0 Å². The van der Waals surface area contributed by atoms with Crippen molar-refractivity contribution in [1.29, 1.82) is 5.26 Å². The zero-order valence-corrected chi connectivity index (χ0v) is 14.3. The van der Waals surface area contributed by atoms with Gasteiger partial charge in [-0.1, -0.05) is 12.1 Å². The summed E-state index contributed by atoms with van der Waals surface area (Å²) >= 11 is 0. The van der Waals surface area contributed by atoms with E-state index in [0.717, 1.165) is 34.1 Å². The van der Waals surface area contributed by atoms with Crippen LogP contribution in [0.1, 0.15) is 11.1 Å². The maximum absolute atomic E-state index is 12.9. The Balaban J connectivity index is 1.94. The van der Waals surface area contributed by atoms with Gasteiger partial charge in [0, 0.05) is 13.6 Å². The Morgan fingerprint density at radius 3 is 2.32 bits per heavy atom. The van der Waals surface area contributed by atoms with Gasteiger partial charge in [0.1, 0.15) is 5.82 Å². The third-order valence-corrected chi connectivity index (χ3v) is 5.28. The van der Waals surface area contributed by atoms with Crippen LogP contribution in [-0.2, 0) is 21.4 Å². The number of benzene rings is 2. The van der Waals surface area contributed by atoms with Crippen molar-refractivity contribution in [2.45, 2.75) is 11.4 Å². The highest BCUT2D eigenvalue weighted by molar-refractivity contribution is 7.89. The normalized spacial score (nSPS) is 11.1. The molecule has 0 atom stereocenters. The molecule has 2 aromatic carbocycles. The van der Waals surface area contributed by atoms with Gasteiger partial charge in [-0.25, -0.2) is 12.8 Å². The van der Waals surface area contributed by atoms with E-state index in [2.05, 4.69) is 5.32 Å². The lowest BCUT2D eigenvalue weighted by molar-refractivity contribution is -0.121. The summed E-state index contributed by atoms with van der Waals surface area (Å²) in [5, 5.41) is 11.3. The van der Waals surface area contributed by atoms with Gasteiger partial charge in [0.25, 0.3) is 0 Å². The number of nitrogens with zero attached hydrogens (tertiary/aromatic N) is 2. The predicted octanol–water partition coefficient (Wildman–Crippen LogP) is 1.63. The summed E-state index contributed by atoms with van der Waals surface area (Å²) in [6.07, 6.45) is 0. The molecular formula is C17H16FN3O3S. The molecule has 1 amide bonds. The van der Waals surface area contributed by atoms with Crippen molar-refractivity contribution in [2.75, 3.05) is 13.6 Å². The molecule has 0 fully saturated rings. The van der Waals surface area contributed by atoms with Crippen LogP contribution in [0.5, 0.6) is 0 Å². The summed E-state index contributed by atoms with van der Waals surface area (Å²) in [5.41, 5.74) is 1.30. The Hall–Kier alpha value is -2.76. The van der Waals surface area contributed by atoms with E-state index < -0.39 is 21.7 Å². The summed E-state index contributed by atoms with van der Waals surface area (Å²) < 4.78 is 38.4. The van der Waals surface area contributed by atoms with Gasteiger partial charge in [0.15, 0.2) is 0 Å². The number of halogens is 1. The first-order valence-corrected chi connectivity index (χ1v) is 8.74. The zero-order chi connectivity index (χ0) is 18.4. The number of carbonyl (C=O) groups excluding carboxylic acids is 1. The van der Waals surface area contributed by atoms with E-state index in [0.29, 0.717) is 5.56 Å². The third kappa shape index (κ3) is 4.86. The second kappa shape index (κ2) is 7.88. The quantitative estimate of drug-likeness (QED) is 0.847. The number of sulfonamides is 1. The number of hydrogen-bond donors (Lipinski definition) is 1. The van der Waals surface area contributed by atoms with Gasteiger partial charge in [0.2, 0.25) is 15.9 Å². The molecule has 0 unspecified atom stereocenters. The molecule has 0 bridgehead atoms. The SMILES string of the molecule is CN(CC(=O)NCc1ccc(C#N)cc1)S(=O)(=O)c1ccc(F)cc1. The Bertz CT molecular complexity index is 888. The Labute approximate surface area is 145 Å².